The van der Waals surface area contributed by atoms with E-state index in [9.17, 15) is 5.26 Å². The van der Waals surface area contributed by atoms with Gasteiger partial charge in [-0.05, 0) is 54.8 Å². The molecule has 21 heavy (non-hydrogen) atoms. The molecule has 1 aliphatic carbocycles. The van der Waals surface area contributed by atoms with Crippen LogP contribution in [0, 0.1) is 46.3 Å². The summed E-state index contributed by atoms with van der Waals surface area (Å²) in [6.07, 6.45) is 6.32. The van der Waals surface area contributed by atoms with Gasteiger partial charge in [-0.3, -0.25) is 0 Å². The van der Waals surface area contributed by atoms with Crippen molar-refractivity contribution >= 4 is 0 Å². The predicted octanol–water partition coefficient (Wildman–Crippen LogP) is 5.04. The lowest BCUT2D eigenvalue weighted by atomic mass is 9.64. The van der Waals surface area contributed by atoms with Gasteiger partial charge in [-0.2, -0.15) is 5.26 Å². The molecule has 0 radical (unpaired) electrons. The minimum absolute atomic E-state index is 0.107. The van der Waals surface area contributed by atoms with Gasteiger partial charge < -0.3 is 4.74 Å². The second kappa shape index (κ2) is 6.69. The molecular formula is C19H33NO. The maximum atomic E-state index is 9.43. The van der Waals surface area contributed by atoms with E-state index in [1.165, 1.54) is 19.3 Å². The number of nitriles is 1. The van der Waals surface area contributed by atoms with Crippen LogP contribution in [0.2, 0.25) is 0 Å². The maximum absolute atomic E-state index is 9.43. The van der Waals surface area contributed by atoms with E-state index in [4.69, 9.17) is 4.74 Å². The fourth-order valence-electron chi connectivity index (χ4n) is 4.25. The van der Waals surface area contributed by atoms with E-state index in [0.717, 1.165) is 37.2 Å². The average molecular weight is 291 g/mol. The fourth-order valence-corrected chi connectivity index (χ4v) is 4.25. The minimum Gasteiger partial charge on any atom is -0.377 e. The fraction of sp³-hybridized carbons (Fsp3) is 0.947. The Kier molecular flexibility index (Phi) is 5.36. The molecule has 0 aromatic carbocycles. The maximum Gasteiger partial charge on any atom is 0.0736 e. The van der Waals surface area contributed by atoms with Crippen molar-refractivity contribution in [2.75, 3.05) is 6.61 Å². The second-order valence-corrected chi connectivity index (χ2v) is 8.80. The molecule has 6 atom stereocenters. The van der Waals surface area contributed by atoms with Gasteiger partial charge in [-0.1, -0.05) is 41.0 Å². The molecule has 2 rings (SSSR count). The Morgan fingerprint density at radius 2 is 1.86 bits per heavy atom. The second-order valence-electron chi connectivity index (χ2n) is 8.80. The molecule has 1 heterocycles. The monoisotopic (exact) mass is 291 g/mol. The molecule has 0 bridgehead atoms. The summed E-state index contributed by atoms with van der Waals surface area (Å²) < 4.78 is 6.04. The molecular weight excluding hydrogens is 258 g/mol. The lowest BCUT2D eigenvalue weighted by Crippen LogP contribution is -2.38. The van der Waals surface area contributed by atoms with Crippen LogP contribution in [0.5, 0.6) is 0 Å². The SMILES string of the molecule is CC1CCC(C(C)(C)C)C[C@H]1C[C@@H]1OC[C@H](C)CC1C#N. The third-order valence-corrected chi connectivity index (χ3v) is 5.99. The van der Waals surface area contributed by atoms with Gasteiger partial charge in [0.15, 0.2) is 0 Å². The van der Waals surface area contributed by atoms with Gasteiger partial charge in [0.05, 0.1) is 18.1 Å². The van der Waals surface area contributed by atoms with Crippen LogP contribution in [-0.2, 0) is 4.74 Å². The molecule has 1 saturated heterocycles. The van der Waals surface area contributed by atoms with E-state index in [0.29, 0.717) is 11.3 Å². The van der Waals surface area contributed by atoms with Crippen molar-refractivity contribution in [1.82, 2.24) is 0 Å². The van der Waals surface area contributed by atoms with Gasteiger partial charge in [0.25, 0.3) is 0 Å². The number of nitrogens with zero attached hydrogens (tertiary/aromatic N) is 1. The van der Waals surface area contributed by atoms with E-state index >= 15 is 0 Å². The summed E-state index contributed by atoms with van der Waals surface area (Å²) in [4.78, 5) is 0. The van der Waals surface area contributed by atoms with Gasteiger partial charge in [-0.15, -0.1) is 0 Å². The first-order valence-corrected chi connectivity index (χ1v) is 8.82. The summed E-state index contributed by atoms with van der Waals surface area (Å²) in [5.74, 6) is 2.98. The van der Waals surface area contributed by atoms with Crippen LogP contribution in [0.25, 0.3) is 0 Å². The van der Waals surface area contributed by atoms with Gasteiger partial charge in [0.2, 0.25) is 0 Å². The van der Waals surface area contributed by atoms with E-state index in [-0.39, 0.29) is 12.0 Å². The zero-order valence-electron chi connectivity index (χ0n) is 14.6. The molecule has 2 fully saturated rings. The average Bonchev–Trinajstić information content (AvgIpc) is 2.41. The molecule has 2 nitrogen and oxygen atoms in total. The van der Waals surface area contributed by atoms with Crippen LogP contribution in [0.3, 0.4) is 0 Å². The Morgan fingerprint density at radius 1 is 1.14 bits per heavy atom. The Bertz CT molecular complexity index is 378. The Hall–Kier alpha value is -0.550. The summed E-state index contributed by atoms with van der Waals surface area (Å²) >= 11 is 0. The number of hydrogen-bond acceptors (Lipinski definition) is 2. The molecule has 3 unspecified atom stereocenters. The molecule has 0 N–H and O–H groups in total. The molecule has 1 saturated carbocycles. The normalized spacial score (nSPS) is 41.5. The van der Waals surface area contributed by atoms with E-state index in [1.54, 1.807) is 0 Å². The molecule has 2 heteroatoms. The highest BCUT2D eigenvalue weighted by atomic mass is 16.5. The highest BCUT2D eigenvalue weighted by Gasteiger charge is 2.38. The zero-order valence-corrected chi connectivity index (χ0v) is 14.6. The van der Waals surface area contributed by atoms with Gasteiger partial charge in [0, 0.05) is 6.61 Å². The van der Waals surface area contributed by atoms with Crippen LogP contribution < -0.4 is 0 Å². The summed E-state index contributed by atoms with van der Waals surface area (Å²) in [5, 5.41) is 9.43. The lowest BCUT2D eigenvalue weighted by Gasteiger charge is -2.43. The predicted molar refractivity (Wildman–Crippen MR) is 86.7 cm³/mol. The van der Waals surface area contributed by atoms with Crippen LogP contribution in [-0.4, -0.2) is 12.7 Å². The molecule has 2 aliphatic rings. The topological polar surface area (TPSA) is 33.0 Å². The standard InChI is InChI=1S/C19H33NO/c1-13-8-16(11-20)18(21-12-13)10-15-9-17(19(3,4)5)7-6-14(15)2/h13-18H,6-10,12H2,1-5H3/t13-,14?,15+,16?,17?,18+/m1/s1. The van der Waals surface area contributed by atoms with E-state index in [2.05, 4.69) is 40.7 Å². The number of hydrogen-bond donors (Lipinski definition) is 0. The summed E-state index contributed by atoms with van der Waals surface area (Å²) in [6.45, 7) is 12.6. The number of rotatable bonds is 2. The first kappa shape index (κ1) is 16.8. The van der Waals surface area contributed by atoms with Crippen molar-refractivity contribution in [3.8, 4) is 6.07 Å². The van der Waals surface area contributed by atoms with Gasteiger partial charge in [-0.25, -0.2) is 0 Å². The van der Waals surface area contributed by atoms with Crippen LogP contribution >= 0.6 is 0 Å². The third kappa shape index (κ3) is 4.22. The Balaban J connectivity index is 1.98. The highest BCUT2D eigenvalue weighted by Crippen LogP contribution is 2.45. The van der Waals surface area contributed by atoms with Crippen LogP contribution in [0.4, 0.5) is 0 Å². The minimum atomic E-state index is 0.107. The Morgan fingerprint density at radius 3 is 2.48 bits per heavy atom. The first-order chi connectivity index (χ1) is 9.81. The first-order valence-electron chi connectivity index (χ1n) is 8.82. The smallest absolute Gasteiger partial charge is 0.0736 e. The van der Waals surface area contributed by atoms with Crippen LogP contribution in [0.1, 0.15) is 66.7 Å². The largest absolute Gasteiger partial charge is 0.377 e. The number of ether oxygens (including phenoxy) is 1. The van der Waals surface area contributed by atoms with E-state index in [1.807, 2.05) is 0 Å². The molecule has 120 valence electrons. The third-order valence-electron chi connectivity index (χ3n) is 5.99. The van der Waals surface area contributed by atoms with Crippen molar-refractivity contribution in [2.45, 2.75) is 72.8 Å². The summed E-state index contributed by atoms with van der Waals surface area (Å²) in [6, 6.07) is 2.51. The Labute approximate surface area is 131 Å². The van der Waals surface area contributed by atoms with Gasteiger partial charge in [0.1, 0.15) is 0 Å². The van der Waals surface area contributed by atoms with E-state index < -0.39 is 0 Å². The molecule has 0 spiro atoms. The molecule has 0 aromatic heterocycles. The van der Waals surface area contributed by atoms with Crippen molar-refractivity contribution < 1.29 is 4.74 Å². The summed E-state index contributed by atoms with van der Waals surface area (Å²) in [5.41, 5.74) is 0.412. The molecule has 0 amide bonds. The van der Waals surface area contributed by atoms with Gasteiger partial charge >= 0.3 is 0 Å². The van der Waals surface area contributed by atoms with Crippen molar-refractivity contribution in [3.63, 3.8) is 0 Å². The summed E-state index contributed by atoms with van der Waals surface area (Å²) in [7, 11) is 0. The highest BCUT2D eigenvalue weighted by molar-refractivity contribution is 4.95. The quantitative estimate of drug-likeness (QED) is 0.714. The zero-order chi connectivity index (χ0) is 15.6. The van der Waals surface area contributed by atoms with Crippen molar-refractivity contribution in [3.05, 3.63) is 0 Å². The van der Waals surface area contributed by atoms with Crippen molar-refractivity contribution in [1.29, 1.82) is 5.26 Å². The van der Waals surface area contributed by atoms with Crippen molar-refractivity contribution in [2.24, 2.45) is 35.0 Å². The molecule has 0 aromatic rings. The molecule has 1 aliphatic heterocycles. The lowest BCUT2D eigenvalue weighted by molar-refractivity contribution is -0.0574. The van der Waals surface area contributed by atoms with Crippen LogP contribution in [0.15, 0.2) is 0 Å².